The van der Waals surface area contributed by atoms with Gasteiger partial charge in [-0.25, -0.2) is 8.42 Å². The molecule has 1 heterocycles. The summed E-state index contributed by atoms with van der Waals surface area (Å²) >= 11 is 3.41. The van der Waals surface area contributed by atoms with Crippen molar-refractivity contribution >= 4 is 25.8 Å². The van der Waals surface area contributed by atoms with Gasteiger partial charge in [0.25, 0.3) is 0 Å². The fourth-order valence-corrected chi connectivity index (χ4v) is 4.34. The van der Waals surface area contributed by atoms with Gasteiger partial charge in [-0.05, 0) is 37.1 Å². The molecule has 19 heavy (non-hydrogen) atoms. The summed E-state index contributed by atoms with van der Waals surface area (Å²) < 4.78 is 29.3. The highest BCUT2D eigenvalue weighted by molar-refractivity contribution is 9.10. The van der Waals surface area contributed by atoms with Crippen LogP contribution < -0.4 is 10.1 Å². The van der Waals surface area contributed by atoms with Crippen molar-refractivity contribution < 1.29 is 13.2 Å². The number of aryl methyl sites for hydroxylation is 1. The van der Waals surface area contributed by atoms with Crippen molar-refractivity contribution in [3.8, 4) is 5.75 Å². The summed E-state index contributed by atoms with van der Waals surface area (Å²) in [6.45, 7) is 3.20. The number of nitrogens with one attached hydrogen (secondary N) is 1. The van der Waals surface area contributed by atoms with Crippen molar-refractivity contribution in [2.24, 2.45) is 0 Å². The zero-order chi connectivity index (χ0) is 13.9. The number of halogens is 1. The molecule has 6 heteroatoms. The second-order valence-electron chi connectivity index (χ2n) is 4.81. The second-order valence-corrected chi connectivity index (χ2v) is 7.96. The first kappa shape index (κ1) is 14.8. The molecule has 1 unspecified atom stereocenters. The molecule has 4 nitrogen and oxygen atoms in total. The third-order valence-corrected chi connectivity index (χ3v) is 5.42. The smallest absolute Gasteiger partial charge is 0.151 e. The van der Waals surface area contributed by atoms with E-state index in [2.05, 4.69) is 21.2 Å². The number of benzene rings is 1. The lowest BCUT2D eigenvalue weighted by atomic mass is 10.2. The van der Waals surface area contributed by atoms with Crippen LogP contribution in [0.25, 0.3) is 0 Å². The molecule has 1 aliphatic heterocycles. The van der Waals surface area contributed by atoms with Crippen LogP contribution in [0, 0.1) is 6.92 Å². The maximum absolute atomic E-state index is 11.3. The van der Waals surface area contributed by atoms with Gasteiger partial charge in [0.1, 0.15) is 12.4 Å². The van der Waals surface area contributed by atoms with Gasteiger partial charge in [0, 0.05) is 17.1 Å². The van der Waals surface area contributed by atoms with Gasteiger partial charge in [-0.1, -0.05) is 15.9 Å². The third kappa shape index (κ3) is 4.47. The van der Waals surface area contributed by atoms with Crippen LogP contribution in [0.4, 0.5) is 0 Å². The number of sulfone groups is 1. The fourth-order valence-electron chi connectivity index (χ4n) is 2.15. The average molecular weight is 348 g/mol. The van der Waals surface area contributed by atoms with Crippen molar-refractivity contribution in [3.63, 3.8) is 0 Å². The Morgan fingerprint density at radius 3 is 2.89 bits per heavy atom. The number of hydrogen-bond acceptors (Lipinski definition) is 4. The van der Waals surface area contributed by atoms with E-state index in [0.717, 1.165) is 15.8 Å². The maximum Gasteiger partial charge on any atom is 0.151 e. The van der Waals surface area contributed by atoms with Crippen LogP contribution in [0.3, 0.4) is 0 Å². The van der Waals surface area contributed by atoms with E-state index < -0.39 is 9.84 Å². The molecule has 1 saturated heterocycles. The van der Waals surface area contributed by atoms with Gasteiger partial charge in [-0.2, -0.15) is 0 Å². The molecular weight excluding hydrogens is 330 g/mol. The van der Waals surface area contributed by atoms with E-state index in [1.807, 2.05) is 25.1 Å². The topological polar surface area (TPSA) is 55.4 Å². The lowest BCUT2D eigenvalue weighted by molar-refractivity contribution is 0.305. The minimum atomic E-state index is -2.80. The normalized spacial score (nSPS) is 21.5. The van der Waals surface area contributed by atoms with Gasteiger partial charge in [0.15, 0.2) is 9.84 Å². The van der Waals surface area contributed by atoms with E-state index >= 15 is 0 Å². The molecule has 0 amide bonds. The first-order valence-electron chi connectivity index (χ1n) is 6.29. The van der Waals surface area contributed by atoms with Gasteiger partial charge < -0.3 is 10.1 Å². The van der Waals surface area contributed by atoms with Crippen molar-refractivity contribution in [2.75, 3.05) is 24.7 Å². The second kappa shape index (κ2) is 6.24. The highest BCUT2D eigenvalue weighted by Gasteiger charge is 2.26. The molecule has 1 N–H and O–H groups in total. The minimum Gasteiger partial charge on any atom is -0.492 e. The Morgan fingerprint density at radius 2 is 2.26 bits per heavy atom. The van der Waals surface area contributed by atoms with Gasteiger partial charge in [0.2, 0.25) is 0 Å². The molecule has 1 fully saturated rings. The van der Waals surface area contributed by atoms with Gasteiger partial charge >= 0.3 is 0 Å². The van der Waals surface area contributed by atoms with E-state index in [-0.39, 0.29) is 11.8 Å². The molecule has 0 saturated carbocycles. The first-order chi connectivity index (χ1) is 8.96. The molecule has 1 atom stereocenters. The quantitative estimate of drug-likeness (QED) is 0.826. The Balaban J connectivity index is 1.72. The van der Waals surface area contributed by atoms with Crippen LogP contribution in [-0.4, -0.2) is 39.1 Å². The molecule has 0 radical (unpaired) electrons. The minimum absolute atomic E-state index is 0.0830. The van der Waals surface area contributed by atoms with E-state index in [9.17, 15) is 8.42 Å². The standard InChI is InChI=1S/C13H18BrNO3S/c1-10-8-11(14)2-3-13(10)18-6-5-15-12-4-7-19(16,17)9-12/h2-3,8,12,15H,4-7,9H2,1H3. The molecule has 1 aromatic rings. The molecule has 1 aromatic carbocycles. The monoisotopic (exact) mass is 347 g/mol. The predicted molar refractivity (Wildman–Crippen MR) is 79.4 cm³/mol. The SMILES string of the molecule is Cc1cc(Br)ccc1OCCNC1CCS(=O)(=O)C1. The Bertz CT molecular complexity index is 545. The number of hydrogen-bond donors (Lipinski definition) is 1. The molecule has 106 valence electrons. The number of rotatable bonds is 5. The van der Waals surface area contributed by atoms with Crippen molar-refractivity contribution in [1.29, 1.82) is 0 Å². The van der Waals surface area contributed by atoms with Gasteiger partial charge in [-0.3, -0.25) is 0 Å². The molecule has 0 aromatic heterocycles. The van der Waals surface area contributed by atoms with Crippen LogP contribution in [0.5, 0.6) is 5.75 Å². The van der Waals surface area contributed by atoms with Crippen LogP contribution >= 0.6 is 15.9 Å². The Hall–Kier alpha value is -0.590. The third-order valence-electron chi connectivity index (χ3n) is 3.16. The van der Waals surface area contributed by atoms with E-state index in [4.69, 9.17) is 4.74 Å². The Kier molecular flexibility index (Phi) is 4.86. The van der Waals surface area contributed by atoms with Gasteiger partial charge in [-0.15, -0.1) is 0 Å². The van der Waals surface area contributed by atoms with E-state index in [0.29, 0.717) is 25.3 Å². The summed E-state index contributed by atoms with van der Waals surface area (Å²) in [4.78, 5) is 0. The van der Waals surface area contributed by atoms with E-state index in [1.54, 1.807) is 0 Å². The molecule has 1 aliphatic rings. The predicted octanol–water partition coefficient (Wildman–Crippen LogP) is 1.91. The van der Waals surface area contributed by atoms with Crippen LogP contribution in [0.2, 0.25) is 0 Å². The summed E-state index contributed by atoms with van der Waals surface area (Å²) in [5.74, 6) is 1.42. The summed E-state index contributed by atoms with van der Waals surface area (Å²) in [7, 11) is -2.80. The average Bonchev–Trinajstić information content (AvgIpc) is 2.67. The Labute approximate surface area is 122 Å². The molecule has 0 bridgehead atoms. The molecule has 2 rings (SSSR count). The summed E-state index contributed by atoms with van der Waals surface area (Å²) in [6.07, 6.45) is 0.708. The number of ether oxygens (including phenoxy) is 1. The zero-order valence-electron chi connectivity index (χ0n) is 10.9. The summed E-state index contributed by atoms with van der Waals surface area (Å²) in [6, 6.07) is 5.96. The van der Waals surface area contributed by atoms with Crippen molar-refractivity contribution in [3.05, 3.63) is 28.2 Å². The molecule has 0 aliphatic carbocycles. The van der Waals surface area contributed by atoms with E-state index in [1.165, 1.54) is 0 Å². The van der Waals surface area contributed by atoms with Crippen LogP contribution in [0.1, 0.15) is 12.0 Å². The van der Waals surface area contributed by atoms with Crippen molar-refractivity contribution in [2.45, 2.75) is 19.4 Å². The lowest BCUT2D eigenvalue weighted by Gasteiger charge is -2.12. The zero-order valence-corrected chi connectivity index (χ0v) is 13.3. The molecule has 0 spiro atoms. The van der Waals surface area contributed by atoms with Gasteiger partial charge in [0.05, 0.1) is 11.5 Å². The largest absolute Gasteiger partial charge is 0.492 e. The first-order valence-corrected chi connectivity index (χ1v) is 8.90. The van der Waals surface area contributed by atoms with Crippen LogP contribution in [0.15, 0.2) is 22.7 Å². The summed E-state index contributed by atoms with van der Waals surface area (Å²) in [5, 5.41) is 3.22. The highest BCUT2D eigenvalue weighted by atomic mass is 79.9. The molecular formula is C13H18BrNO3S. The van der Waals surface area contributed by atoms with Crippen molar-refractivity contribution in [1.82, 2.24) is 5.32 Å². The maximum atomic E-state index is 11.3. The summed E-state index contributed by atoms with van der Waals surface area (Å²) in [5.41, 5.74) is 1.08. The van der Waals surface area contributed by atoms with Crippen LogP contribution in [-0.2, 0) is 9.84 Å². The Morgan fingerprint density at radius 1 is 1.47 bits per heavy atom. The lowest BCUT2D eigenvalue weighted by Crippen LogP contribution is -2.33. The fraction of sp³-hybridized carbons (Fsp3) is 0.538. The highest BCUT2D eigenvalue weighted by Crippen LogP contribution is 2.21.